The highest BCUT2D eigenvalue weighted by atomic mass is 32.2. The van der Waals surface area contributed by atoms with Crippen LogP contribution in [0.2, 0.25) is 0 Å². The van der Waals surface area contributed by atoms with Crippen molar-refractivity contribution in [3.05, 3.63) is 35.4 Å². The molecule has 2 rings (SSSR count). The third-order valence-corrected chi connectivity index (χ3v) is 3.72. The number of hydrogen-bond donors (Lipinski definition) is 0. The predicted octanol–water partition coefficient (Wildman–Crippen LogP) is 2.12. The molecule has 0 saturated carbocycles. The zero-order valence-electron chi connectivity index (χ0n) is 9.75. The molecule has 3 atom stereocenters. The first-order valence-corrected chi connectivity index (χ1v) is 6.57. The van der Waals surface area contributed by atoms with E-state index in [1.165, 1.54) is 0 Å². The summed E-state index contributed by atoms with van der Waals surface area (Å²) >= 11 is -2.08. The van der Waals surface area contributed by atoms with Crippen LogP contribution in [0.3, 0.4) is 0 Å². The average Bonchev–Trinajstić information content (AvgIpc) is 2.75. The first kappa shape index (κ1) is 12.3. The summed E-state index contributed by atoms with van der Waals surface area (Å²) in [6.07, 6.45) is 0. The van der Waals surface area contributed by atoms with Crippen molar-refractivity contribution in [1.29, 1.82) is 0 Å². The minimum Gasteiger partial charge on any atom is -0.772 e. The van der Waals surface area contributed by atoms with Gasteiger partial charge in [-0.25, -0.2) is 4.99 Å². The van der Waals surface area contributed by atoms with Gasteiger partial charge in [-0.15, -0.1) is 0 Å². The van der Waals surface area contributed by atoms with Gasteiger partial charge in [-0.1, -0.05) is 24.3 Å². The fourth-order valence-electron chi connectivity index (χ4n) is 1.76. The highest BCUT2D eigenvalue weighted by molar-refractivity contribution is 7.79. The molecule has 0 fully saturated rings. The van der Waals surface area contributed by atoms with Crippen LogP contribution in [0.25, 0.3) is 0 Å². The minimum atomic E-state index is -2.08. The van der Waals surface area contributed by atoms with Crippen molar-refractivity contribution >= 4 is 17.0 Å². The van der Waals surface area contributed by atoms with E-state index in [4.69, 9.17) is 4.74 Å². The summed E-state index contributed by atoms with van der Waals surface area (Å²) in [5, 5.41) is -0.478. The van der Waals surface area contributed by atoms with E-state index in [0.29, 0.717) is 12.5 Å². The average molecular weight is 252 g/mol. The highest BCUT2D eigenvalue weighted by Crippen LogP contribution is 2.25. The lowest BCUT2D eigenvalue weighted by atomic mass is 10.0. The molecule has 0 saturated heterocycles. The second-order valence-corrected chi connectivity index (χ2v) is 5.27. The SMILES string of the molecule is CC1=NC(c2ccc(C(C)S(=O)[O-])cc2)CO1. The molecular formula is C12H14NO3S-. The van der Waals surface area contributed by atoms with Gasteiger partial charge >= 0.3 is 0 Å². The van der Waals surface area contributed by atoms with Crippen LogP contribution in [-0.2, 0) is 15.8 Å². The van der Waals surface area contributed by atoms with Crippen LogP contribution >= 0.6 is 0 Å². The van der Waals surface area contributed by atoms with Crippen LogP contribution in [0.1, 0.15) is 36.3 Å². The standard InChI is InChI=1S/C12H15NO3S/c1-8(17(14)15)10-3-5-11(6-4-10)12-7-16-9(2)13-12/h3-6,8,12H,7H2,1-2H3,(H,14,15)/p-1. The molecule has 0 radical (unpaired) electrons. The number of ether oxygens (including phenoxy) is 1. The van der Waals surface area contributed by atoms with E-state index in [9.17, 15) is 8.76 Å². The van der Waals surface area contributed by atoms with Crippen molar-refractivity contribution in [2.75, 3.05) is 6.61 Å². The summed E-state index contributed by atoms with van der Waals surface area (Å²) in [5.74, 6) is 0.702. The molecule has 92 valence electrons. The summed E-state index contributed by atoms with van der Waals surface area (Å²) in [4.78, 5) is 4.34. The molecule has 0 bridgehead atoms. The normalized spacial score (nSPS) is 22.8. The molecule has 0 amide bonds. The largest absolute Gasteiger partial charge is 0.772 e. The molecule has 5 heteroatoms. The first-order valence-electron chi connectivity index (χ1n) is 5.43. The van der Waals surface area contributed by atoms with Gasteiger partial charge in [-0.2, -0.15) is 0 Å². The van der Waals surface area contributed by atoms with Crippen molar-refractivity contribution in [2.24, 2.45) is 4.99 Å². The van der Waals surface area contributed by atoms with Crippen LogP contribution in [-0.4, -0.2) is 21.3 Å². The Hall–Kier alpha value is -1.20. The van der Waals surface area contributed by atoms with E-state index in [2.05, 4.69) is 4.99 Å². The highest BCUT2D eigenvalue weighted by Gasteiger charge is 2.18. The smallest absolute Gasteiger partial charge is 0.180 e. The monoisotopic (exact) mass is 252 g/mol. The Labute approximate surface area is 103 Å². The Kier molecular flexibility index (Phi) is 3.59. The molecule has 1 aliphatic rings. The molecular weight excluding hydrogens is 238 g/mol. The lowest BCUT2D eigenvalue weighted by Crippen LogP contribution is -2.02. The van der Waals surface area contributed by atoms with Crippen molar-refractivity contribution in [3.8, 4) is 0 Å². The van der Waals surface area contributed by atoms with E-state index in [-0.39, 0.29) is 6.04 Å². The van der Waals surface area contributed by atoms with Gasteiger partial charge in [0.2, 0.25) is 0 Å². The molecule has 0 spiro atoms. The summed E-state index contributed by atoms with van der Waals surface area (Å²) in [7, 11) is 0. The Morgan fingerprint density at radius 2 is 2.12 bits per heavy atom. The lowest BCUT2D eigenvalue weighted by molar-refractivity contribution is 0.317. The number of nitrogens with zero attached hydrogens (tertiary/aromatic N) is 1. The van der Waals surface area contributed by atoms with E-state index in [0.717, 1.165) is 11.1 Å². The Bertz CT molecular complexity index is 455. The van der Waals surface area contributed by atoms with Crippen molar-refractivity contribution in [1.82, 2.24) is 0 Å². The number of benzene rings is 1. The summed E-state index contributed by atoms with van der Waals surface area (Å²) < 4.78 is 27.0. The lowest BCUT2D eigenvalue weighted by Gasteiger charge is -2.15. The van der Waals surface area contributed by atoms with Crippen molar-refractivity contribution in [3.63, 3.8) is 0 Å². The fourth-order valence-corrected chi connectivity index (χ4v) is 2.14. The molecule has 1 aromatic rings. The summed E-state index contributed by atoms with van der Waals surface area (Å²) in [5.41, 5.74) is 1.84. The fraction of sp³-hybridized carbons (Fsp3) is 0.417. The van der Waals surface area contributed by atoms with Crippen LogP contribution in [0, 0.1) is 0 Å². The molecule has 4 nitrogen and oxygen atoms in total. The third kappa shape index (κ3) is 2.73. The molecule has 0 aliphatic carbocycles. The maximum atomic E-state index is 10.8. The van der Waals surface area contributed by atoms with Gasteiger partial charge in [0.1, 0.15) is 12.6 Å². The zero-order valence-corrected chi connectivity index (χ0v) is 10.6. The Morgan fingerprint density at radius 1 is 1.47 bits per heavy atom. The topological polar surface area (TPSA) is 61.7 Å². The van der Waals surface area contributed by atoms with E-state index in [1.54, 1.807) is 6.92 Å². The van der Waals surface area contributed by atoms with Gasteiger partial charge in [0.05, 0.1) is 0 Å². The van der Waals surface area contributed by atoms with Gasteiger partial charge in [0.15, 0.2) is 5.90 Å². The zero-order chi connectivity index (χ0) is 12.4. The molecule has 1 aromatic carbocycles. The Morgan fingerprint density at radius 3 is 2.59 bits per heavy atom. The summed E-state index contributed by atoms with van der Waals surface area (Å²) in [6.45, 7) is 4.06. The summed E-state index contributed by atoms with van der Waals surface area (Å²) in [6, 6.07) is 7.53. The molecule has 1 heterocycles. The quantitative estimate of drug-likeness (QED) is 0.774. The van der Waals surface area contributed by atoms with E-state index < -0.39 is 16.3 Å². The van der Waals surface area contributed by atoms with Crippen LogP contribution in [0.5, 0.6) is 0 Å². The van der Waals surface area contributed by atoms with Crippen LogP contribution in [0.4, 0.5) is 0 Å². The molecule has 17 heavy (non-hydrogen) atoms. The van der Waals surface area contributed by atoms with Crippen molar-refractivity contribution in [2.45, 2.75) is 25.1 Å². The maximum absolute atomic E-state index is 10.8. The van der Waals surface area contributed by atoms with E-state index in [1.807, 2.05) is 31.2 Å². The maximum Gasteiger partial charge on any atom is 0.180 e. The second kappa shape index (κ2) is 4.98. The van der Waals surface area contributed by atoms with Crippen molar-refractivity contribution < 1.29 is 13.5 Å². The number of aliphatic imine (C=N–C) groups is 1. The second-order valence-electron chi connectivity index (χ2n) is 4.04. The molecule has 0 N–H and O–H groups in total. The van der Waals surface area contributed by atoms with Gasteiger partial charge in [0, 0.05) is 12.2 Å². The van der Waals surface area contributed by atoms with Gasteiger partial charge in [-0.05, 0) is 29.1 Å². The van der Waals surface area contributed by atoms with Gasteiger partial charge < -0.3 is 9.29 Å². The third-order valence-electron chi connectivity index (χ3n) is 2.87. The number of hydrogen-bond acceptors (Lipinski definition) is 4. The number of rotatable bonds is 3. The predicted molar refractivity (Wildman–Crippen MR) is 65.6 cm³/mol. The molecule has 1 aliphatic heterocycles. The van der Waals surface area contributed by atoms with Gasteiger partial charge in [0.25, 0.3) is 0 Å². The molecule has 0 aromatic heterocycles. The van der Waals surface area contributed by atoms with Crippen LogP contribution < -0.4 is 0 Å². The molecule has 3 unspecified atom stereocenters. The van der Waals surface area contributed by atoms with E-state index >= 15 is 0 Å². The minimum absolute atomic E-state index is 0.0390. The first-order chi connectivity index (χ1) is 8.08. The van der Waals surface area contributed by atoms with Crippen LogP contribution in [0.15, 0.2) is 29.3 Å². The Balaban J connectivity index is 2.16. The van der Waals surface area contributed by atoms with Gasteiger partial charge in [-0.3, -0.25) is 4.21 Å².